The molecular formula is C20H37N5O3S. The van der Waals surface area contributed by atoms with E-state index in [0.29, 0.717) is 24.7 Å². The van der Waals surface area contributed by atoms with Crippen LogP contribution < -0.4 is 5.32 Å². The average molecular weight is 428 g/mol. The SMILES string of the molecule is CCN(CC)CCN(CC(=O)Nc1cc(C)nn1[C@@H]1CCS(=O)(=O)C1)CC(C)C. The Bertz CT molecular complexity index is 771. The first-order valence-electron chi connectivity index (χ1n) is 10.6. The molecule has 2 heterocycles. The van der Waals surface area contributed by atoms with Gasteiger partial charge in [0.15, 0.2) is 9.84 Å². The molecule has 1 amide bonds. The summed E-state index contributed by atoms with van der Waals surface area (Å²) in [6, 6.07) is 1.60. The summed E-state index contributed by atoms with van der Waals surface area (Å²) in [6.07, 6.45) is 0.537. The maximum atomic E-state index is 12.8. The summed E-state index contributed by atoms with van der Waals surface area (Å²) in [5.41, 5.74) is 0.769. The number of nitrogens with one attached hydrogen (secondary N) is 1. The molecule has 1 aliphatic rings. The summed E-state index contributed by atoms with van der Waals surface area (Å²) in [5.74, 6) is 1.23. The Hall–Kier alpha value is -1.45. The van der Waals surface area contributed by atoms with Crippen molar-refractivity contribution in [3.63, 3.8) is 0 Å². The van der Waals surface area contributed by atoms with E-state index in [4.69, 9.17) is 0 Å². The average Bonchev–Trinajstić information content (AvgIpc) is 3.16. The zero-order chi connectivity index (χ0) is 21.6. The first-order valence-corrected chi connectivity index (χ1v) is 12.5. The summed E-state index contributed by atoms with van der Waals surface area (Å²) in [5, 5.41) is 7.40. The lowest BCUT2D eigenvalue weighted by Crippen LogP contribution is -2.41. The van der Waals surface area contributed by atoms with Crippen LogP contribution in [0.15, 0.2) is 6.07 Å². The highest BCUT2D eigenvalue weighted by Gasteiger charge is 2.31. The third-order valence-corrected chi connectivity index (χ3v) is 7.05. The van der Waals surface area contributed by atoms with Crippen LogP contribution in [0.2, 0.25) is 0 Å². The number of rotatable bonds is 11. The number of anilines is 1. The van der Waals surface area contributed by atoms with Crippen LogP contribution in [0, 0.1) is 12.8 Å². The van der Waals surface area contributed by atoms with Crippen LogP contribution >= 0.6 is 0 Å². The molecule has 0 saturated carbocycles. The van der Waals surface area contributed by atoms with Gasteiger partial charge in [-0.05, 0) is 32.4 Å². The Balaban J connectivity index is 2.02. The maximum absolute atomic E-state index is 12.8. The molecule has 0 radical (unpaired) electrons. The first kappa shape index (κ1) is 23.8. The molecule has 0 spiro atoms. The summed E-state index contributed by atoms with van der Waals surface area (Å²) in [4.78, 5) is 17.3. The van der Waals surface area contributed by atoms with Crippen LogP contribution in [0.1, 0.15) is 45.9 Å². The van der Waals surface area contributed by atoms with Crippen LogP contribution in [0.3, 0.4) is 0 Å². The van der Waals surface area contributed by atoms with Crippen molar-refractivity contribution >= 4 is 21.6 Å². The van der Waals surface area contributed by atoms with Gasteiger partial charge in [0, 0.05) is 25.7 Å². The topological polar surface area (TPSA) is 87.5 Å². The van der Waals surface area contributed by atoms with Crippen LogP contribution in [0.25, 0.3) is 0 Å². The van der Waals surface area contributed by atoms with Gasteiger partial charge in [-0.25, -0.2) is 13.1 Å². The monoisotopic (exact) mass is 427 g/mol. The number of aromatic nitrogens is 2. The summed E-state index contributed by atoms with van der Waals surface area (Å²) in [7, 11) is -3.02. The van der Waals surface area contributed by atoms with Crippen molar-refractivity contribution in [1.82, 2.24) is 19.6 Å². The normalized spacial score (nSPS) is 18.8. The highest BCUT2D eigenvalue weighted by atomic mass is 32.2. The van der Waals surface area contributed by atoms with Gasteiger partial charge in [0.25, 0.3) is 0 Å². The second-order valence-corrected chi connectivity index (χ2v) is 10.6. The number of carbonyl (C=O) groups is 1. The molecule has 0 bridgehead atoms. The van der Waals surface area contributed by atoms with Crippen LogP contribution in [-0.2, 0) is 14.6 Å². The molecule has 0 unspecified atom stereocenters. The maximum Gasteiger partial charge on any atom is 0.239 e. The molecule has 1 aliphatic heterocycles. The van der Waals surface area contributed by atoms with Crippen LogP contribution in [-0.4, -0.2) is 84.7 Å². The summed E-state index contributed by atoms with van der Waals surface area (Å²) >= 11 is 0. The fraction of sp³-hybridized carbons (Fsp3) is 0.800. The molecule has 2 rings (SSSR count). The van der Waals surface area contributed by atoms with Crippen molar-refractivity contribution in [1.29, 1.82) is 0 Å². The summed E-state index contributed by atoms with van der Waals surface area (Å²) < 4.78 is 25.4. The van der Waals surface area contributed by atoms with E-state index in [-0.39, 0.29) is 23.5 Å². The van der Waals surface area contributed by atoms with Gasteiger partial charge >= 0.3 is 0 Å². The molecule has 9 heteroatoms. The van der Waals surface area contributed by atoms with Crippen molar-refractivity contribution in [3.05, 3.63) is 11.8 Å². The zero-order valence-electron chi connectivity index (χ0n) is 18.5. The predicted octanol–water partition coefficient (Wildman–Crippen LogP) is 1.79. The third-order valence-electron chi connectivity index (χ3n) is 5.30. The van der Waals surface area contributed by atoms with E-state index in [1.807, 2.05) is 13.0 Å². The van der Waals surface area contributed by atoms with Gasteiger partial charge in [0.1, 0.15) is 5.82 Å². The van der Waals surface area contributed by atoms with E-state index in [2.05, 4.69) is 47.9 Å². The minimum Gasteiger partial charge on any atom is -0.310 e. The number of amides is 1. The second-order valence-electron chi connectivity index (χ2n) is 8.38. The molecule has 1 saturated heterocycles. The quantitative estimate of drug-likeness (QED) is 0.579. The van der Waals surface area contributed by atoms with Crippen molar-refractivity contribution in [2.75, 3.05) is 56.1 Å². The molecule has 29 heavy (non-hydrogen) atoms. The fourth-order valence-corrected chi connectivity index (χ4v) is 5.51. The van der Waals surface area contributed by atoms with E-state index in [1.165, 1.54) is 0 Å². The number of likely N-dealkylation sites (N-methyl/N-ethyl adjacent to an activating group) is 1. The Labute approximate surface area is 175 Å². The second kappa shape index (κ2) is 10.5. The minimum absolute atomic E-state index is 0.0837. The highest BCUT2D eigenvalue weighted by Crippen LogP contribution is 2.27. The van der Waals surface area contributed by atoms with Gasteiger partial charge in [0.2, 0.25) is 5.91 Å². The summed E-state index contributed by atoms with van der Waals surface area (Å²) in [6.45, 7) is 15.4. The van der Waals surface area contributed by atoms with Crippen LogP contribution in [0.4, 0.5) is 5.82 Å². The lowest BCUT2D eigenvalue weighted by Gasteiger charge is -2.27. The molecule has 166 valence electrons. The fourth-order valence-electron chi connectivity index (χ4n) is 3.82. The Morgan fingerprint density at radius 1 is 1.28 bits per heavy atom. The van der Waals surface area contributed by atoms with E-state index in [9.17, 15) is 13.2 Å². The molecule has 1 aromatic rings. The lowest BCUT2D eigenvalue weighted by molar-refractivity contribution is -0.117. The van der Waals surface area contributed by atoms with E-state index in [0.717, 1.165) is 38.4 Å². The van der Waals surface area contributed by atoms with Gasteiger partial charge < -0.3 is 10.2 Å². The van der Waals surface area contributed by atoms with Crippen molar-refractivity contribution < 1.29 is 13.2 Å². The number of carbonyl (C=O) groups excluding carboxylic acids is 1. The zero-order valence-corrected chi connectivity index (χ0v) is 19.3. The van der Waals surface area contributed by atoms with E-state index in [1.54, 1.807) is 4.68 Å². The molecule has 0 aliphatic carbocycles. The molecule has 1 atom stereocenters. The Morgan fingerprint density at radius 2 is 1.93 bits per heavy atom. The van der Waals surface area contributed by atoms with E-state index < -0.39 is 9.84 Å². The number of nitrogens with zero attached hydrogens (tertiary/aromatic N) is 4. The van der Waals surface area contributed by atoms with Crippen molar-refractivity contribution in [3.8, 4) is 0 Å². The van der Waals surface area contributed by atoms with Gasteiger partial charge in [-0.3, -0.25) is 9.69 Å². The largest absolute Gasteiger partial charge is 0.310 e. The minimum atomic E-state index is -3.02. The number of aryl methyl sites for hydroxylation is 1. The molecular weight excluding hydrogens is 390 g/mol. The number of hydrogen-bond donors (Lipinski definition) is 1. The van der Waals surface area contributed by atoms with Crippen LogP contribution in [0.5, 0.6) is 0 Å². The first-order chi connectivity index (χ1) is 13.6. The predicted molar refractivity (Wildman–Crippen MR) is 117 cm³/mol. The van der Waals surface area contributed by atoms with Gasteiger partial charge in [-0.1, -0.05) is 27.7 Å². The van der Waals surface area contributed by atoms with E-state index >= 15 is 0 Å². The Morgan fingerprint density at radius 3 is 2.48 bits per heavy atom. The van der Waals surface area contributed by atoms with Crippen molar-refractivity contribution in [2.24, 2.45) is 5.92 Å². The molecule has 0 aromatic carbocycles. The van der Waals surface area contributed by atoms with Gasteiger partial charge in [-0.15, -0.1) is 0 Å². The molecule has 1 fully saturated rings. The number of sulfone groups is 1. The Kier molecular flexibility index (Phi) is 8.66. The standard InChI is InChI=1S/C20H37N5O3S/c1-6-23(7-2)9-10-24(13-16(3)4)14-20(26)21-19-12-17(5)22-25(19)18-8-11-29(27,28)15-18/h12,16,18H,6-11,13-15H2,1-5H3,(H,21,26)/t18-/m1/s1. The highest BCUT2D eigenvalue weighted by molar-refractivity contribution is 7.91. The van der Waals surface area contributed by atoms with Gasteiger partial charge in [-0.2, -0.15) is 5.10 Å². The number of hydrogen-bond acceptors (Lipinski definition) is 6. The molecule has 8 nitrogen and oxygen atoms in total. The smallest absolute Gasteiger partial charge is 0.239 e. The molecule has 1 aromatic heterocycles. The van der Waals surface area contributed by atoms with Crippen molar-refractivity contribution in [2.45, 2.75) is 47.1 Å². The lowest BCUT2D eigenvalue weighted by atomic mass is 10.2. The molecule has 1 N–H and O–H groups in total. The third kappa shape index (κ3) is 7.38. The van der Waals surface area contributed by atoms with Gasteiger partial charge in [0.05, 0.1) is 29.8 Å².